The Morgan fingerprint density at radius 3 is 2.80 bits per heavy atom. The predicted octanol–water partition coefficient (Wildman–Crippen LogP) is -1.54. The zero-order chi connectivity index (χ0) is 10.5. The highest BCUT2D eigenvalue weighted by atomic mass is 16.3. The summed E-state index contributed by atoms with van der Waals surface area (Å²) in [5.41, 5.74) is 3.58. The molecule has 0 saturated carbocycles. The van der Waals surface area contributed by atoms with Crippen LogP contribution in [0.2, 0.25) is 0 Å². The fraction of sp³-hybridized carbons (Fsp3) is 1.00. The Balaban J connectivity index is 1.67. The molecule has 0 spiro atoms. The maximum absolute atomic E-state index is 8.85. The van der Waals surface area contributed by atoms with Crippen molar-refractivity contribution in [3.63, 3.8) is 0 Å². The highest BCUT2D eigenvalue weighted by Gasteiger charge is 2.23. The fourth-order valence-corrected chi connectivity index (χ4v) is 2.33. The highest BCUT2D eigenvalue weighted by molar-refractivity contribution is 4.80. The van der Waals surface area contributed by atoms with Crippen molar-refractivity contribution >= 4 is 0 Å². The number of hydrogen-bond acceptors (Lipinski definition) is 5. The van der Waals surface area contributed by atoms with Crippen LogP contribution in [0.1, 0.15) is 6.42 Å². The molecule has 0 bridgehead atoms. The average molecular weight is 214 g/mol. The van der Waals surface area contributed by atoms with E-state index in [0.717, 1.165) is 45.8 Å². The fourth-order valence-electron chi connectivity index (χ4n) is 2.33. The molecule has 2 rings (SSSR count). The van der Waals surface area contributed by atoms with E-state index in [9.17, 15) is 0 Å². The molecule has 0 amide bonds. The zero-order valence-electron chi connectivity index (χ0n) is 9.28. The zero-order valence-corrected chi connectivity index (χ0v) is 9.28. The van der Waals surface area contributed by atoms with Gasteiger partial charge < -0.3 is 10.4 Å². The van der Waals surface area contributed by atoms with Crippen LogP contribution in [0.15, 0.2) is 0 Å². The number of aliphatic hydroxyl groups is 1. The Hall–Kier alpha value is -0.200. The van der Waals surface area contributed by atoms with E-state index in [0.29, 0.717) is 6.04 Å². The quantitative estimate of drug-likeness (QED) is 0.530. The van der Waals surface area contributed by atoms with Crippen LogP contribution in [0.25, 0.3) is 0 Å². The van der Waals surface area contributed by atoms with Gasteiger partial charge in [0.05, 0.1) is 6.61 Å². The second-order valence-corrected chi connectivity index (χ2v) is 4.38. The Kier molecular flexibility index (Phi) is 4.34. The molecule has 5 heteroatoms. The smallest absolute Gasteiger partial charge is 0.0558 e. The molecular weight excluding hydrogens is 192 g/mol. The lowest BCUT2D eigenvalue weighted by Gasteiger charge is -2.30. The van der Waals surface area contributed by atoms with E-state index >= 15 is 0 Å². The molecule has 0 aromatic heterocycles. The molecule has 0 aliphatic carbocycles. The van der Waals surface area contributed by atoms with Crippen LogP contribution in [-0.4, -0.2) is 73.5 Å². The molecule has 3 N–H and O–H groups in total. The Bertz CT molecular complexity index is 184. The van der Waals surface area contributed by atoms with Gasteiger partial charge in [0.2, 0.25) is 0 Å². The molecule has 2 aliphatic heterocycles. The van der Waals surface area contributed by atoms with Gasteiger partial charge in [-0.25, -0.2) is 5.01 Å². The first kappa shape index (κ1) is 11.3. The monoisotopic (exact) mass is 214 g/mol. The minimum atomic E-state index is 0.278. The molecule has 2 fully saturated rings. The van der Waals surface area contributed by atoms with Crippen LogP contribution in [-0.2, 0) is 0 Å². The maximum atomic E-state index is 8.85. The molecule has 88 valence electrons. The SMILES string of the molecule is OCCN1CCC(NN2CCNCC2)C1. The van der Waals surface area contributed by atoms with Crippen LogP contribution in [0, 0.1) is 0 Å². The van der Waals surface area contributed by atoms with E-state index in [2.05, 4.69) is 20.7 Å². The van der Waals surface area contributed by atoms with Gasteiger partial charge in [-0.2, -0.15) is 0 Å². The number of nitrogens with zero attached hydrogens (tertiary/aromatic N) is 2. The minimum absolute atomic E-state index is 0.278. The number of rotatable bonds is 4. The molecule has 0 aromatic rings. The first-order valence-electron chi connectivity index (χ1n) is 5.93. The number of nitrogens with one attached hydrogen (secondary N) is 2. The predicted molar refractivity (Wildman–Crippen MR) is 59.5 cm³/mol. The summed E-state index contributed by atoms with van der Waals surface area (Å²) in [6, 6.07) is 0.578. The number of hydrogen-bond donors (Lipinski definition) is 3. The number of hydrazine groups is 1. The van der Waals surface area contributed by atoms with E-state index in [1.165, 1.54) is 6.42 Å². The molecule has 2 aliphatic rings. The lowest BCUT2D eigenvalue weighted by atomic mass is 10.3. The van der Waals surface area contributed by atoms with E-state index in [1.54, 1.807) is 0 Å². The Labute approximate surface area is 91.4 Å². The van der Waals surface area contributed by atoms with Gasteiger partial charge >= 0.3 is 0 Å². The van der Waals surface area contributed by atoms with Crippen molar-refractivity contribution in [2.45, 2.75) is 12.5 Å². The topological polar surface area (TPSA) is 50.8 Å². The van der Waals surface area contributed by atoms with E-state index in [-0.39, 0.29) is 6.61 Å². The second-order valence-electron chi connectivity index (χ2n) is 4.38. The van der Waals surface area contributed by atoms with Crippen molar-refractivity contribution in [3.8, 4) is 0 Å². The van der Waals surface area contributed by atoms with Crippen molar-refractivity contribution in [1.29, 1.82) is 0 Å². The first-order chi connectivity index (χ1) is 7.38. The lowest BCUT2D eigenvalue weighted by Crippen LogP contribution is -2.54. The molecular formula is C10H22N4O. The molecule has 5 nitrogen and oxygen atoms in total. The molecule has 2 heterocycles. The number of β-amino-alcohol motifs (C(OH)–C–C–N with tert-alkyl or cyclic N) is 1. The van der Waals surface area contributed by atoms with Crippen LogP contribution >= 0.6 is 0 Å². The van der Waals surface area contributed by atoms with E-state index in [1.807, 2.05) is 0 Å². The summed E-state index contributed by atoms with van der Waals surface area (Å²) in [6.45, 7) is 7.64. The molecule has 2 saturated heterocycles. The Morgan fingerprint density at radius 1 is 1.27 bits per heavy atom. The average Bonchev–Trinajstić information content (AvgIpc) is 2.68. The third kappa shape index (κ3) is 3.39. The van der Waals surface area contributed by atoms with E-state index < -0.39 is 0 Å². The van der Waals surface area contributed by atoms with Gasteiger partial charge in [-0.1, -0.05) is 0 Å². The van der Waals surface area contributed by atoms with Gasteiger partial charge in [0.25, 0.3) is 0 Å². The summed E-state index contributed by atoms with van der Waals surface area (Å²) in [4.78, 5) is 2.32. The molecule has 1 atom stereocenters. The van der Waals surface area contributed by atoms with Crippen molar-refractivity contribution in [2.24, 2.45) is 0 Å². The van der Waals surface area contributed by atoms with Gasteiger partial charge in [-0.15, -0.1) is 0 Å². The summed E-state index contributed by atoms with van der Waals surface area (Å²) in [5.74, 6) is 0. The third-order valence-electron chi connectivity index (χ3n) is 3.17. The molecule has 0 aromatic carbocycles. The highest BCUT2D eigenvalue weighted by Crippen LogP contribution is 2.08. The van der Waals surface area contributed by atoms with Crippen LogP contribution in [0.5, 0.6) is 0 Å². The maximum Gasteiger partial charge on any atom is 0.0558 e. The number of likely N-dealkylation sites (tertiary alicyclic amines) is 1. The van der Waals surface area contributed by atoms with Gasteiger partial charge in [0, 0.05) is 45.3 Å². The summed E-state index contributed by atoms with van der Waals surface area (Å²) < 4.78 is 0. The lowest BCUT2D eigenvalue weighted by molar-refractivity contribution is 0.135. The van der Waals surface area contributed by atoms with Crippen LogP contribution in [0.4, 0.5) is 0 Å². The van der Waals surface area contributed by atoms with Gasteiger partial charge in [-0.3, -0.25) is 10.3 Å². The van der Waals surface area contributed by atoms with Crippen LogP contribution < -0.4 is 10.7 Å². The largest absolute Gasteiger partial charge is 0.395 e. The van der Waals surface area contributed by atoms with Crippen molar-refractivity contribution < 1.29 is 5.11 Å². The minimum Gasteiger partial charge on any atom is -0.395 e. The first-order valence-corrected chi connectivity index (χ1v) is 5.93. The van der Waals surface area contributed by atoms with E-state index in [4.69, 9.17) is 5.11 Å². The number of aliphatic hydroxyl groups excluding tert-OH is 1. The summed E-state index contributed by atoms with van der Waals surface area (Å²) >= 11 is 0. The van der Waals surface area contributed by atoms with Gasteiger partial charge in [0.1, 0.15) is 0 Å². The van der Waals surface area contributed by atoms with Crippen LogP contribution in [0.3, 0.4) is 0 Å². The molecule has 15 heavy (non-hydrogen) atoms. The third-order valence-corrected chi connectivity index (χ3v) is 3.17. The number of piperazine rings is 1. The molecule has 0 radical (unpaired) electrons. The standard InChI is InChI=1S/C10H22N4O/c15-8-7-13-4-1-10(9-13)12-14-5-2-11-3-6-14/h10-12,15H,1-9H2. The second kappa shape index (κ2) is 5.77. The van der Waals surface area contributed by atoms with Gasteiger partial charge in [-0.05, 0) is 13.0 Å². The molecule has 1 unspecified atom stereocenters. The van der Waals surface area contributed by atoms with Crippen molar-refractivity contribution in [3.05, 3.63) is 0 Å². The summed E-state index contributed by atoms with van der Waals surface area (Å²) in [5, 5.41) is 14.5. The summed E-state index contributed by atoms with van der Waals surface area (Å²) in [7, 11) is 0. The van der Waals surface area contributed by atoms with Crippen molar-refractivity contribution in [1.82, 2.24) is 20.7 Å². The van der Waals surface area contributed by atoms with Crippen molar-refractivity contribution in [2.75, 3.05) is 52.4 Å². The Morgan fingerprint density at radius 2 is 2.07 bits per heavy atom. The normalized spacial score (nSPS) is 29.8. The summed E-state index contributed by atoms with van der Waals surface area (Å²) in [6.07, 6.45) is 1.20. The van der Waals surface area contributed by atoms with Gasteiger partial charge in [0.15, 0.2) is 0 Å².